The van der Waals surface area contributed by atoms with E-state index in [1.54, 1.807) is 29.1 Å². The standard InChI is InChI=1S/C12H10N2O5/c15-12(16)8-19-11-4-3-9(14(17)18)7-10(11)13-5-1-2-6-13/h1-7H,8H2,(H-,15,16,17,18)/p+1. The average Bonchev–Trinajstić information content (AvgIpc) is 2.89. The Bertz CT molecular complexity index is 607. The van der Waals surface area contributed by atoms with Gasteiger partial charge in [-0.2, -0.15) is 0 Å². The van der Waals surface area contributed by atoms with E-state index >= 15 is 0 Å². The normalized spacial score (nSPS) is 10.1. The Balaban J connectivity index is 2.42. The third kappa shape index (κ3) is 2.89. The van der Waals surface area contributed by atoms with E-state index in [1.165, 1.54) is 18.2 Å². The lowest BCUT2D eigenvalue weighted by molar-refractivity contribution is -0.729. The van der Waals surface area contributed by atoms with Crippen molar-refractivity contribution in [1.29, 1.82) is 0 Å². The summed E-state index contributed by atoms with van der Waals surface area (Å²) in [6.07, 6.45) is 3.42. The molecule has 0 bridgehead atoms. The highest BCUT2D eigenvalue weighted by molar-refractivity contribution is 5.69. The molecule has 2 rings (SSSR count). The van der Waals surface area contributed by atoms with Crippen LogP contribution in [-0.4, -0.2) is 32.4 Å². The predicted octanol–water partition coefficient (Wildman–Crippen LogP) is 1.74. The minimum Gasteiger partial charge on any atom is -0.480 e. The Hall–Kier alpha value is -2.83. The lowest BCUT2D eigenvalue weighted by atomic mass is 10.2. The lowest BCUT2D eigenvalue weighted by Crippen LogP contribution is -2.11. The van der Waals surface area contributed by atoms with Crippen LogP contribution in [0.2, 0.25) is 0 Å². The van der Waals surface area contributed by atoms with E-state index in [1.807, 2.05) is 0 Å². The molecule has 1 aromatic heterocycles. The van der Waals surface area contributed by atoms with E-state index in [9.17, 15) is 9.70 Å². The van der Waals surface area contributed by atoms with Crippen molar-refractivity contribution in [3.05, 3.63) is 47.6 Å². The lowest BCUT2D eigenvalue weighted by Gasteiger charge is -2.10. The van der Waals surface area contributed by atoms with Gasteiger partial charge in [0, 0.05) is 24.5 Å². The zero-order valence-corrected chi connectivity index (χ0v) is 9.76. The average molecular weight is 263 g/mol. The number of benzene rings is 1. The quantitative estimate of drug-likeness (QED) is 0.801. The molecule has 0 spiro atoms. The van der Waals surface area contributed by atoms with Crippen LogP contribution in [0.3, 0.4) is 0 Å². The summed E-state index contributed by atoms with van der Waals surface area (Å²) in [5.41, 5.74) is 0.477. The van der Waals surface area contributed by atoms with Crippen molar-refractivity contribution in [3.63, 3.8) is 0 Å². The molecule has 0 unspecified atom stereocenters. The number of carbonyl (C=O) groups is 1. The van der Waals surface area contributed by atoms with Crippen LogP contribution in [0, 0.1) is 4.91 Å². The van der Waals surface area contributed by atoms with Gasteiger partial charge in [0.2, 0.25) is 0 Å². The summed E-state index contributed by atoms with van der Waals surface area (Å²) in [4.78, 5) is 21.1. The Kier molecular flexibility index (Phi) is 3.46. The third-order valence-electron chi connectivity index (χ3n) is 2.40. The van der Waals surface area contributed by atoms with Gasteiger partial charge in [0.25, 0.3) is 4.92 Å². The van der Waals surface area contributed by atoms with Crippen molar-refractivity contribution in [3.8, 4) is 11.4 Å². The van der Waals surface area contributed by atoms with Crippen LogP contribution >= 0.6 is 0 Å². The highest BCUT2D eigenvalue weighted by Crippen LogP contribution is 2.27. The van der Waals surface area contributed by atoms with E-state index in [2.05, 4.69) is 0 Å². The third-order valence-corrected chi connectivity index (χ3v) is 2.40. The summed E-state index contributed by atoms with van der Waals surface area (Å²) in [6.45, 7) is -0.492. The second-order valence-corrected chi connectivity index (χ2v) is 3.70. The molecule has 0 radical (unpaired) electrons. The first-order chi connectivity index (χ1) is 9.08. The zero-order chi connectivity index (χ0) is 13.8. The zero-order valence-electron chi connectivity index (χ0n) is 9.76. The Morgan fingerprint density at radius 2 is 2.00 bits per heavy atom. The molecule has 7 nitrogen and oxygen atoms in total. The van der Waals surface area contributed by atoms with Gasteiger partial charge >= 0.3 is 11.7 Å². The molecule has 98 valence electrons. The molecule has 0 aliphatic heterocycles. The number of rotatable bonds is 5. The second kappa shape index (κ2) is 5.21. The topological polar surface area (TPSA) is 91.8 Å². The maximum absolute atomic E-state index is 10.9. The summed E-state index contributed by atoms with van der Waals surface area (Å²) in [6, 6.07) is 7.68. The van der Waals surface area contributed by atoms with E-state index in [4.69, 9.17) is 15.1 Å². The molecule has 0 aliphatic rings. The number of hydrogen-bond donors (Lipinski definition) is 2. The molecular weight excluding hydrogens is 252 g/mol. The number of aliphatic carboxylic acids is 1. The molecule has 7 heteroatoms. The molecule has 0 aliphatic carbocycles. The summed E-state index contributed by atoms with van der Waals surface area (Å²) in [5.74, 6) is -0.806. The van der Waals surface area contributed by atoms with Gasteiger partial charge in [-0.25, -0.2) is 10.0 Å². The van der Waals surface area contributed by atoms with Crippen molar-refractivity contribution in [2.45, 2.75) is 0 Å². The van der Waals surface area contributed by atoms with Gasteiger partial charge in [-0.1, -0.05) is 0 Å². The molecule has 0 atom stereocenters. The van der Waals surface area contributed by atoms with Gasteiger partial charge in [-0.3, -0.25) is 0 Å². The van der Waals surface area contributed by atoms with Gasteiger partial charge in [-0.05, 0) is 18.2 Å². The van der Waals surface area contributed by atoms with E-state index < -0.39 is 12.6 Å². The van der Waals surface area contributed by atoms with E-state index in [-0.39, 0.29) is 10.6 Å². The van der Waals surface area contributed by atoms with Crippen LogP contribution in [0.15, 0.2) is 42.7 Å². The Morgan fingerprint density at radius 1 is 1.32 bits per heavy atom. The van der Waals surface area contributed by atoms with E-state index in [0.29, 0.717) is 11.4 Å². The van der Waals surface area contributed by atoms with Crippen molar-refractivity contribution in [1.82, 2.24) is 4.57 Å². The number of aromatic nitrogens is 1. The summed E-state index contributed by atoms with van der Waals surface area (Å²) >= 11 is 0. The van der Waals surface area contributed by atoms with Crippen molar-refractivity contribution in [2.75, 3.05) is 6.61 Å². The first-order valence-corrected chi connectivity index (χ1v) is 5.36. The number of hydrogen-bond acceptors (Lipinski definition) is 3. The maximum atomic E-state index is 10.9. The van der Waals surface area contributed by atoms with Crippen LogP contribution < -0.4 is 4.74 Å². The van der Waals surface area contributed by atoms with Gasteiger partial charge in [-0.15, -0.1) is 0 Å². The molecule has 19 heavy (non-hydrogen) atoms. The summed E-state index contributed by atoms with van der Waals surface area (Å²) < 4.78 is 6.78. The fourth-order valence-corrected chi connectivity index (χ4v) is 1.58. The molecule has 0 fully saturated rings. The highest BCUT2D eigenvalue weighted by atomic mass is 16.6. The van der Waals surface area contributed by atoms with Crippen molar-refractivity contribution >= 4 is 11.7 Å². The second-order valence-electron chi connectivity index (χ2n) is 3.70. The molecule has 1 aromatic carbocycles. The molecular formula is C12H11N2O5+. The Labute approximate surface area is 107 Å². The number of ether oxygens (including phenoxy) is 1. The molecule has 2 N–H and O–H groups in total. The minimum atomic E-state index is -1.10. The first kappa shape index (κ1) is 12.6. The molecule has 2 aromatic rings. The van der Waals surface area contributed by atoms with Crippen LogP contribution in [-0.2, 0) is 4.79 Å². The number of carboxylic acid groups (broad SMARTS) is 1. The highest BCUT2D eigenvalue weighted by Gasteiger charge is 2.17. The summed E-state index contributed by atoms with van der Waals surface area (Å²) in [7, 11) is 0. The maximum Gasteiger partial charge on any atom is 0.341 e. The minimum absolute atomic E-state index is 0.0198. The van der Waals surface area contributed by atoms with Gasteiger partial charge < -0.3 is 14.4 Å². The molecule has 1 heterocycles. The predicted molar refractivity (Wildman–Crippen MR) is 64.0 cm³/mol. The number of carboxylic acids is 1. The fraction of sp³-hybridized carbons (Fsp3) is 0.0833. The Morgan fingerprint density at radius 3 is 2.58 bits per heavy atom. The van der Waals surface area contributed by atoms with E-state index in [0.717, 1.165) is 0 Å². The fourth-order valence-electron chi connectivity index (χ4n) is 1.58. The van der Waals surface area contributed by atoms with Gasteiger partial charge in [0.15, 0.2) is 6.61 Å². The van der Waals surface area contributed by atoms with Crippen molar-refractivity contribution in [2.24, 2.45) is 0 Å². The molecule has 0 amide bonds. The van der Waals surface area contributed by atoms with Gasteiger partial charge in [0.05, 0.1) is 10.6 Å². The summed E-state index contributed by atoms with van der Waals surface area (Å²) in [5, 5.41) is 17.5. The van der Waals surface area contributed by atoms with Crippen LogP contribution in [0.25, 0.3) is 5.69 Å². The van der Waals surface area contributed by atoms with Crippen LogP contribution in [0.5, 0.6) is 5.75 Å². The van der Waals surface area contributed by atoms with Crippen molar-refractivity contribution < 1.29 is 24.8 Å². The number of nitrogens with zero attached hydrogens (tertiary/aromatic N) is 2. The molecule has 0 saturated carbocycles. The smallest absolute Gasteiger partial charge is 0.341 e. The first-order valence-electron chi connectivity index (χ1n) is 5.36. The van der Waals surface area contributed by atoms with Gasteiger partial charge in [0.1, 0.15) is 5.75 Å². The largest absolute Gasteiger partial charge is 0.480 e. The van der Waals surface area contributed by atoms with Crippen LogP contribution in [0.1, 0.15) is 0 Å². The molecule has 0 saturated heterocycles. The van der Waals surface area contributed by atoms with Crippen LogP contribution in [0.4, 0.5) is 5.69 Å². The SMILES string of the molecule is O=C(O)COc1ccc([N+](=O)O)cc1-n1cccc1. The monoisotopic (exact) mass is 263 g/mol.